The Balaban J connectivity index is 1.35. The molecule has 0 unspecified atom stereocenters. The zero-order valence-electron chi connectivity index (χ0n) is 14.1. The number of aryl methyl sites for hydroxylation is 1. The number of imidazole rings is 1. The molecule has 4 rings (SSSR count). The zero-order chi connectivity index (χ0) is 17.1. The van der Waals surface area contributed by atoms with E-state index in [9.17, 15) is 0 Å². The van der Waals surface area contributed by atoms with Crippen molar-refractivity contribution in [3.63, 3.8) is 0 Å². The second-order valence-electron chi connectivity index (χ2n) is 6.12. The van der Waals surface area contributed by atoms with E-state index in [1.165, 1.54) is 17.7 Å². The SMILES string of the molecule is Cc1cccc2nc(CCNCc3cccc(-c4cnco4)c3)cn12. The van der Waals surface area contributed by atoms with Crippen LogP contribution in [0, 0.1) is 6.92 Å². The molecule has 3 aromatic heterocycles. The Morgan fingerprint density at radius 1 is 1.16 bits per heavy atom. The summed E-state index contributed by atoms with van der Waals surface area (Å²) < 4.78 is 7.49. The summed E-state index contributed by atoms with van der Waals surface area (Å²) in [5, 5.41) is 3.49. The van der Waals surface area contributed by atoms with Gasteiger partial charge in [0.05, 0.1) is 11.9 Å². The number of aromatic nitrogens is 3. The largest absolute Gasteiger partial charge is 0.444 e. The van der Waals surface area contributed by atoms with Crippen LogP contribution in [0.15, 0.2) is 65.7 Å². The molecule has 1 N–H and O–H groups in total. The van der Waals surface area contributed by atoms with E-state index in [2.05, 4.69) is 51.0 Å². The van der Waals surface area contributed by atoms with E-state index >= 15 is 0 Å². The number of rotatable bonds is 6. The van der Waals surface area contributed by atoms with E-state index in [1.54, 1.807) is 6.20 Å². The van der Waals surface area contributed by atoms with Gasteiger partial charge in [-0.1, -0.05) is 24.3 Å². The van der Waals surface area contributed by atoms with Crippen molar-refractivity contribution in [2.24, 2.45) is 0 Å². The molecule has 0 bridgehead atoms. The summed E-state index contributed by atoms with van der Waals surface area (Å²) >= 11 is 0. The van der Waals surface area contributed by atoms with E-state index < -0.39 is 0 Å². The molecule has 25 heavy (non-hydrogen) atoms. The van der Waals surface area contributed by atoms with Gasteiger partial charge in [-0.25, -0.2) is 9.97 Å². The van der Waals surface area contributed by atoms with Gasteiger partial charge in [-0.3, -0.25) is 0 Å². The topological polar surface area (TPSA) is 55.4 Å². The highest BCUT2D eigenvalue weighted by atomic mass is 16.3. The lowest BCUT2D eigenvalue weighted by Gasteiger charge is -2.05. The van der Waals surface area contributed by atoms with E-state index in [0.717, 1.165) is 42.2 Å². The lowest BCUT2D eigenvalue weighted by atomic mass is 10.1. The lowest BCUT2D eigenvalue weighted by molar-refractivity contribution is 0.572. The monoisotopic (exact) mass is 332 g/mol. The molecule has 0 aliphatic carbocycles. The van der Waals surface area contributed by atoms with E-state index in [-0.39, 0.29) is 0 Å². The van der Waals surface area contributed by atoms with Crippen LogP contribution < -0.4 is 5.32 Å². The Morgan fingerprint density at radius 3 is 2.92 bits per heavy atom. The fourth-order valence-electron chi connectivity index (χ4n) is 2.96. The highest BCUT2D eigenvalue weighted by Gasteiger charge is 2.04. The van der Waals surface area contributed by atoms with Crippen molar-refractivity contribution in [2.45, 2.75) is 19.9 Å². The molecule has 126 valence electrons. The summed E-state index contributed by atoms with van der Waals surface area (Å²) in [5.74, 6) is 0.793. The summed E-state index contributed by atoms with van der Waals surface area (Å²) in [7, 11) is 0. The number of pyridine rings is 1. The Hall–Kier alpha value is -2.92. The Kier molecular flexibility index (Phi) is 4.31. The second kappa shape index (κ2) is 6.91. The van der Waals surface area contributed by atoms with Crippen LogP contribution in [0.3, 0.4) is 0 Å². The summed E-state index contributed by atoms with van der Waals surface area (Å²) in [6.45, 7) is 3.79. The van der Waals surface area contributed by atoms with Gasteiger partial charge in [-0.2, -0.15) is 0 Å². The standard InChI is InChI=1S/C20H20N4O/c1-15-4-2-7-20-23-18(13-24(15)20)8-9-21-11-16-5-3-6-17(10-16)19-12-22-14-25-19/h2-7,10,12-14,21H,8-9,11H2,1H3. The molecule has 0 aliphatic heterocycles. The van der Waals surface area contributed by atoms with Crippen molar-refractivity contribution in [1.82, 2.24) is 19.7 Å². The Bertz CT molecular complexity index is 972. The summed E-state index contributed by atoms with van der Waals surface area (Å²) in [6, 6.07) is 14.5. The molecule has 4 aromatic rings. The minimum atomic E-state index is 0.793. The number of nitrogens with zero attached hydrogens (tertiary/aromatic N) is 3. The number of nitrogens with one attached hydrogen (secondary N) is 1. The van der Waals surface area contributed by atoms with Gasteiger partial charge in [0.25, 0.3) is 0 Å². The van der Waals surface area contributed by atoms with Crippen LogP contribution in [0.2, 0.25) is 0 Å². The second-order valence-corrected chi connectivity index (χ2v) is 6.12. The molecule has 0 saturated carbocycles. The summed E-state index contributed by atoms with van der Waals surface area (Å²) in [5.41, 5.74) is 5.59. The minimum Gasteiger partial charge on any atom is -0.444 e. The molecule has 3 heterocycles. The highest BCUT2D eigenvalue weighted by molar-refractivity contribution is 5.57. The van der Waals surface area contributed by atoms with Gasteiger partial charge in [-0.05, 0) is 30.7 Å². The first-order chi connectivity index (χ1) is 12.3. The van der Waals surface area contributed by atoms with Crippen molar-refractivity contribution in [3.05, 3.63) is 78.2 Å². The van der Waals surface area contributed by atoms with Crippen LogP contribution in [0.4, 0.5) is 0 Å². The van der Waals surface area contributed by atoms with Gasteiger partial charge in [0, 0.05) is 37.0 Å². The first kappa shape index (κ1) is 15.6. The maximum absolute atomic E-state index is 5.35. The maximum atomic E-state index is 5.35. The van der Waals surface area contributed by atoms with Crippen molar-refractivity contribution in [3.8, 4) is 11.3 Å². The molecule has 0 aliphatic rings. The Labute approximate surface area is 146 Å². The fourth-order valence-corrected chi connectivity index (χ4v) is 2.96. The van der Waals surface area contributed by atoms with Crippen molar-refractivity contribution < 1.29 is 4.42 Å². The third-order valence-corrected chi connectivity index (χ3v) is 4.28. The van der Waals surface area contributed by atoms with Crippen molar-refractivity contribution in [1.29, 1.82) is 0 Å². The molecule has 0 amide bonds. The molecular formula is C20H20N4O. The van der Waals surface area contributed by atoms with Crippen LogP contribution in [0.5, 0.6) is 0 Å². The van der Waals surface area contributed by atoms with Gasteiger partial charge in [0.1, 0.15) is 5.65 Å². The molecular weight excluding hydrogens is 312 g/mol. The first-order valence-corrected chi connectivity index (χ1v) is 8.42. The van der Waals surface area contributed by atoms with E-state index in [0.29, 0.717) is 0 Å². The minimum absolute atomic E-state index is 0.793. The van der Waals surface area contributed by atoms with Crippen LogP contribution in [-0.2, 0) is 13.0 Å². The predicted molar refractivity (Wildman–Crippen MR) is 97.3 cm³/mol. The zero-order valence-corrected chi connectivity index (χ0v) is 14.1. The molecule has 0 saturated heterocycles. The van der Waals surface area contributed by atoms with Crippen LogP contribution in [0.1, 0.15) is 17.0 Å². The number of oxazole rings is 1. The van der Waals surface area contributed by atoms with Crippen LogP contribution >= 0.6 is 0 Å². The van der Waals surface area contributed by atoms with Gasteiger partial charge in [0.2, 0.25) is 0 Å². The van der Waals surface area contributed by atoms with Gasteiger partial charge < -0.3 is 14.1 Å². The predicted octanol–water partition coefficient (Wildman–Crippen LogP) is 3.63. The van der Waals surface area contributed by atoms with E-state index in [4.69, 9.17) is 4.42 Å². The van der Waals surface area contributed by atoms with Crippen LogP contribution in [0.25, 0.3) is 17.0 Å². The highest BCUT2D eigenvalue weighted by Crippen LogP contribution is 2.19. The number of benzene rings is 1. The molecule has 0 atom stereocenters. The molecule has 0 spiro atoms. The molecule has 0 radical (unpaired) electrons. The van der Waals surface area contributed by atoms with Crippen molar-refractivity contribution in [2.75, 3.05) is 6.54 Å². The molecule has 5 heteroatoms. The van der Waals surface area contributed by atoms with Crippen molar-refractivity contribution >= 4 is 5.65 Å². The van der Waals surface area contributed by atoms with Gasteiger partial charge in [-0.15, -0.1) is 0 Å². The van der Waals surface area contributed by atoms with Crippen LogP contribution in [-0.4, -0.2) is 20.9 Å². The molecule has 5 nitrogen and oxygen atoms in total. The average molecular weight is 332 g/mol. The smallest absolute Gasteiger partial charge is 0.181 e. The number of hydrogen-bond donors (Lipinski definition) is 1. The molecule has 1 aromatic carbocycles. The summed E-state index contributed by atoms with van der Waals surface area (Å²) in [4.78, 5) is 8.64. The molecule has 0 fully saturated rings. The first-order valence-electron chi connectivity index (χ1n) is 8.42. The lowest BCUT2D eigenvalue weighted by Crippen LogP contribution is -2.16. The maximum Gasteiger partial charge on any atom is 0.181 e. The third-order valence-electron chi connectivity index (χ3n) is 4.28. The quantitative estimate of drug-likeness (QED) is 0.548. The van der Waals surface area contributed by atoms with Gasteiger partial charge in [0.15, 0.2) is 12.2 Å². The fraction of sp³-hybridized carbons (Fsp3) is 0.200. The third kappa shape index (κ3) is 3.46. The Morgan fingerprint density at radius 2 is 2.08 bits per heavy atom. The number of fused-ring (bicyclic) bond motifs is 1. The number of hydrogen-bond acceptors (Lipinski definition) is 4. The van der Waals surface area contributed by atoms with Gasteiger partial charge >= 0.3 is 0 Å². The van der Waals surface area contributed by atoms with E-state index in [1.807, 2.05) is 24.3 Å². The average Bonchev–Trinajstić information content (AvgIpc) is 3.29. The normalized spacial score (nSPS) is 11.2. The summed E-state index contributed by atoms with van der Waals surface area (Å²) in [6.07, 6.45) is 6.22.